The van der Waals surface area contributed by atoms with Crippen LogP contribution in [0.2, 0.25) is 5.02 Å². The zero-order valence-corrected chi connectivity index (χ0v) is 14.8. The fourth-order valence-corrected chi connectivity index (χ4v) is 2.61. The first kappa shape index (κ1) is 18.7. The van der Waals surface area contributed by atoms with Gasteiger partial charge in [0, 0.05) is 24.7 Å². The number of carbonyl (C=O) groups is 1. The van der Waals surface area contributed by atoms with Gasteiger partial charge in [0.2, 0.25) is 10.0 Å². The molecule has 2 rings (SSSR count). The van der Waals surface area contributed by atoms with E-state index in [1.54, 1.807) is 0 Å². The number of rotatable bonds is 5. The molecule has 25 heavy (non-hydrogen) atoms. The topological polar surface area (TPSA) is 110 Å². The number of amides is 1. The third kappa shape index (κ3) is 4.46. The van der Waals surface area contributed by atoms with Crippen LogP contribution in [-0.2, 0) is 10.0 Å². The van der Waals surface area contributed by atoms with Crippen LogP contribution in [0.25, 0.3) is 0 Å². The molecule has 0 saturated carbocycles. The summed E-state index contributed by atoms with van der Waals surface area (Å²) < 4.78 is 24.2. The molecule has 2 aromatic rings. The van der Waals surface area contributed by atoms with Crippen molar-refractivity contribution in [3.63, 3.8) is 0 Å². The van der Waals surface area contributed by atoms with Crippen LogP contribution in [0.1, 0.15) is 10.4 Å². The lowest BCUT2D eigenvalue weighted by molar-refractivity contribution is -0.384. The Morgan fingerprint density at radius 1 is 1.24 bits per heavy atom. The van der Waals surface area contributed by atoms with Crippen molar-refractivity contribution in [1.29, 1.82) is 0 Å². The van der Waals surface area contributed by atoms with Crippen molar-refractivity contribution in [2.75, 3.05) is 22.9 Å². The molecule has 0 unspecified atom stereocenters. The van der Waals surface area contributed by atoms with Gasteiger partial charge in [-0.05, 0) is 24.3 Å². The molecule has 0 atom stereocenters. The number of nitro groups is 1. The van der Waals surface area contributed by atoms with E-state index in [1.165, 1.54) is 43.4 Å². The lowest BCUT2D eigenvalue weighted by atomic mass is 10.2. The number of halogens is 1. The number of anilines is 2. The number of non-ortho nitro benzene ring substituents is 1. The maximum Gasteiger partial charge on any atom is 0.271 e. The number of nitrogens with one attached hydrogen (secondary N) is 1. The van der Waals surface area contributed by atoms with Gasteiger partial charge in [-0.15, -0.1) is 0 Å². The molecule has 0 aliphatic rings. The van der Waals surface area contributed by atoms with Crippen LogP contribution in [0.5, 0.6) is 0 Å². The Kier molecular flexibility index (Phi) is 5.29. The zero-order chi connectivity index (χ0) is 18.8. The minimum Gasteiger partial charge on any atom is -0.320 e. The average Bonchev–Trinajstić information content (AvgIpc) is 2.55. The van der Waals surface area contributed by atoms with Crippen LogP contribution < -0.4 is 9.62 Å². The highest BCUT2D eigenvalue weighted by atomic mass is 35.5. The smallest absolute Gasteiger partial charge is 0.271 e. The molecule has 0 saturated heterocycles. The fraction of sp³-hybridized carbons (Fsp3) is 0.133. The van der Waals surface area contributed by atoms with E-state index in [2.05, 4.69) is 5.32 Å². The van der Waals surface area contributed by atoms with Gasteiger partial charge in [-0.1, -0.05) is 17.7 Å². The largest absolute Gasteiger partial charge is 0.320 e. The van der Waals surface area contributed by atoms with Gasteiger partial charge in [0.15, 0.2) is 0 Å². The van der Waals surface area contributed by atoms with E-state index in [0.717, 1.165) is 16.6 Å². The zero-order valence-electron chi connectivity index (χ0n) is 13.3. The molecule has 0 aliphatic heterocycles. The van der Waals surface area contributed by atoms with Crippen molar-refractivity contribution in [1.82, 2.24) is 0 Å². The Morgan fingerprint density at radius 2 is 1.92 bits per heavy atom. The lowest BCUT2D eigenvalue weighted by Gasteiger charge is -2.17. The van der Waals surface area contributed by atoms with E-state index >= 15 is 0 Å². The number of nitro benzene ring substituents is 1. The summed E-state index contributed by atoms with van der Waals surface area (Å²) in [6, 6.07) is 9.62. The molecule has 0 radical (unpaired) electrons. The molecule has 2 aromatic carbocycles. The molecule has 8 nitrogen and oxygen atoms in total. The lowest BCUT2D eigenvalue weighted by Crippen LogP contribution is -2.25. The maximum atomic E-state index is 12.4. The SMILES string of the molecule is CN(c1cccc(C(=O)Nc2cc([N+](=O)[O-])ccc2Cl)c1)S(C)(=O)=O. The first-order valence-corrected chi connectivity index (χ1v) is 9.11. The van der Waals surface area contributed by atoms with Gasteiger partial charge in [-0.25, -0.2) is 8.42 Å². The molecule has 0 bridgehead atoms. The molecule has 0 spiro atoms. The van der Waals surface area contributed by atoms with Crippen LogP contribution in [0, 0.1) is 10.1 Å². The van der Waals surface area contributed by atoms with Crippen LogP contribution >= 0.6 is 11.6 Å². The predicted octanol–water partition coefficient (Wildman–Crippen LogP) is 2.90. The summed E-state index contributed by atoms with van der Waals surface area (Å²) in [7, 11) is -2.11. The van der Waals surface area contributed by atoms with E-state index in [1.807, 2.05) is 0 Å². The van der Waals surface area contributed by atoms with Gasteiger partial charge < -0.3 is 5.32 Å². The number of nitrogens with zero attached hydrogens (tertiary/aromatic N) is 2. The molecule has 0 aliphatic carbocycles. The van der Waals surface area contributed by atoms with Gasteiger partial charge in [0.05, 0.1) is 27.6 Å². The van der Waals surface area contributed by atoms with Crippen molar-refractivity contribution in [2.45, 2.75) is 0 Å². The highest BCUT2D eigenvalue weighted by Gasteiger charge is 2.16. The molecule has 10 heteroatoms. The molecule has 1 N–H and O–H groups in total. The summed E-state index contributed by atoms with van der Waals surface area (Å²) in [5.41, 5.74) is 0.351. The van der Waals surface area contributed by atoms with Crippen molar-refractivity contribution in [2.24, 2.45) is 0 Å². The summed E-state index contributed by atoms with van der Waals surface area (Å²) in [4.78, 5) is 22.6. The first-order chi connectivity index (χ1) is 11.6. The number of carbonyl (C=O) groups excluding carboxylic acids is 1. The van der Waals surface area contributed by atoms with Crippen LogP contribution in [0.15, 0.2) is 42.5 Å². The van der Waals surface area contributed by atoms with E-state index in [-0.39, 0.29) is 22.0 Å². The third-order valence-corrected chi connectivity index (χ3v) is 4.91. The molecule has 0 aromatic heterocycles. The summed E-state index contributed by atoms with van der Waals surface area (Å²) >= 11 is 5.95. The fourth-order valence-electron chi connectivity index (χ4n) is 1.95. The first-order valence-electron chi connectivity index (χ1n) is 6.89. The van der Waals surface area contributed by atoms with Gasteiger partial charge in [-0.3, -0.25) is 19.2 Å². The number of sulfonamides is 1. The quantitative estimate of drug-likeness (QED) is 0.630. The summed E-state index contributed by atoms with van der Waals surface area (Å²) in [5, 5.41) is 13.4. The minimum atomic E-state index is -3.47. The minimum absolute atomic E-state index is 0.0859. The second kappa shape index (κ2) is 7.08. The van der Waals surface area contributed by atoms with Gasteiger partial charge >= 0.3 is 0 Å². The summed E-state index contributed by atoms with van der Waals surface area (Å²) in [5.74, 6) is -0.578. The second-order valence-corrected chi connectivity index (χ2v) is 7.58. The van der Waals surface area contributed by atoms with Gasteiger partial charge in [0.1, 0.15) is 0 Å². The number of hydrogen-bond acceptors (Lipinski definition) is 5. The second-order valence-electron chi connectivity index (χ2n) is 5.16. The van der Waals surface area contributed by atoms with Crippen LogP contribution in [0.4, 0.5) is 17.1 Å². The Hall–Kier alpha value is -2.65. The molecular formula is C15H14ClN3O5S. The highest BCUT2D eigenvalue weighted by Crippen LogP contribution is 2.27. The van der Waals surface area contributed by atoms with Crippen molar-refractivity contribution in [3.8, 4) is 0 Å². The van der Waals surface area contributed by atoms with Crippen LogP contribution in [0.3, 0.4) is 0 Å². The molecule has 1 amide bonds. The Bertz CT molecular complexity index is 946. The highest BCUT2D eigenvalue weighted by molar-refractivity contribution is 7.92. The molecule has 0 fully saturated rings. The standard InChI is InChI=1S/C15H14ClN3O5S/c1-18(25(2,23)24)11-5-3-4-10(8-11)15(20)17-14-9-12(19(21)22)6-7-13(14)16/h3-9H,1-2H3,(H,17,20). The summed E-state index contributed by atoms with van der Waals surface area (Å²) in [6.45, 7) is 0. The normalized spacial score (nSPS) is 11.0. The third-order valence-electron chi connectivity index (χ3n) is 3.38. The van der Waals surface area contributed by atoms with E-state index in [0.29, 0.717) is 5.69 Å². The van der Waals surface area contributed by atoms with Gasteiger partial charge in [0.25, 0.3) is 11.6 Å². The Morgan fingerprint density at radius 3 is 2.52 bits per heavy atom. The van der Waals surface area contributed by atoms with Crippen molar-refractivity contribution >= 4 is 44.6 Å². The molecular weight excluding hydrogens is 370 g/mol. The number of hydrogen-bond donors (Lipinski definition) is 1. The Balaban J connectivity index is 2.31. The van der Waals surface area contributed by atoms with E-state index < -0.39 is 20.9 Å². The monoisotopic (exact) mass is 383 g/mol. The maximum absolute atomic E-state index is 12.4. The van der Waals surface area contributed by atoms with E-state index in [4.69, 9.17) is 11.6 Å². The Labute approximate surface area is 149 Å². The average molecular weight is 384 g/mol. The van der Waals surface area contributed by atoms with Crippen LogP contribution in [-0.4, -0.2) is 32.6 Å². The van der Waals surface area contributed by atoms with Crippen molar-refractivity contribution < 1.29 is 18.1 Å². The van der Waals surface area contributed by atoms with Gasteiger partial charge in [-0.2, -0.15) is 0 Å². The predicted molar refractivity (Wildman–Crippen MR) is 95.7 cm³/mol. The summed E-state index contributed by atoms with van der Waals surface area (Å²) in [6.07, 6.45) is 1.04. The molecule has 132 valence electrons. The number of benzene rings is 2. The molecule has 0 heterocycles. The van der Waals surface area contributed by atoms with Crippen molar-refractivity contribution in [3.05, 3.63) is 63.2 Å². The van der Waals surface area contributed by atoms with E-state index in [9.17, 15) is 23.3 Å².